The lowest BCUT2D eigenvalue weighted by Gasteiger charge is -2.46. The number of rotatable bonds is 7. The van der Waals surface area contributed by atoms with Gasteiger partial charge in [-0.15, -0.1) is 0 Å². The number of fused-ring (bicyclic) bond motifs is 1. The molecule has 2 atom stereocenters. The average Bonchev–Trinajstić information content (AvgIpc) is 3.06. The number of hydrogen-bond donors (Lipinski definition) is 1. The zero-order chi connectivity index (χ0) is 32.4. The van der Waals surface area contributed by atoms with Crippen molar-refractivity contribution in [3.05, 3.63) is 62.5 Å². The number of halogens is 2. The zero-order valence-corrected chi connectivity index (χ0v) is 30.1. The van der Waals surface area contributed by atoms with Crippen LogP contribution in [0.5, 0.6) is 0 Å². The van der Waals surface area contributed by atoms with E-state index in [0.717, 1.165) is 64.8 Å². The summed E-state index contributed by atoms with van der Waals surface area (Å²) in [7, 11) is 2.19. The lowest BCUT2D eigenvalue weighted by molar-refractivity contribution is -0.145. The number of amides is 4. The van der Waals surface area contributed by atoms with E-state index in [4.69, 9.17) is 0 Å². The third-order valence-electron chi connectivity index (χ3n) is 10.5. The molecule has 46 heavy (non-hydrogen) atoms. The second-order valence-corrected chi connectivity index (χ2v) is 15.3. The third kappa shape index (κ3) is 7.63. The number of likely N-dealkylation sites (tertiary alicyclic amines) is 2. The fourth-order valence-corrected chi connectivity index (χ4v) is 8.39. The van der Waals surface area contributed by atoms with Gasteiger partial charge in [-0.3, -0.25) is 14.5 Å². The van der Waals surface area contributed by atoms with Crippen molar-refractivity contribution in [1.82, 2.24) is 24.5 Å². The Morgan fingerprint density at radius 2 is 1.63 bits per heavy atom. The first-order chi connectivity index (χ1) is 22.2. The molecule has 4 heterocycles. The van der Waals surface area contributed by atoms with Gasteiger partial charge in [0.25, 0.3) is 0 Å². The van der Waals surface area contributed by atoms with Crippen molar-refractivity contribution in [2.24, 2.45) is 5.92 Å². The van der Waals surface area contributed by atoms with Crippen molar-refractivity contribution in [2.45, 2.75) is 70.1 Å². The maximum atomic E-state index is 14.3. The highest BCUT2D eigenvalue weighted by molar-refractivity contribution is 9.13. The Hall–Kier alpha value is -2.47. The lowest BCUT2D eigenvalue weighted by atomic mass is 9.92. The number of nitrogens with zero attached hydrogens (tertiary/aromatic N) is 5. The van der Waals surface area contributed by atoms with Crippen molar-refractivity contribution in [3.8, 4) is 0 Å². The molecule has 3 saturated heterocycles. The molecule has 1 N–H and O–H groups in total. The highest BCUT2D eigenvalue weighted by Crippen LogP contribution is 2.30. The summed E-state index contributed by atoms with van der Waals surface area (Å²) in [5, 5.41) is 3.02. The van der Waals surface area contributed by atoms with Gasteiger partial charge in [-0.25, -0.2) is 4.79 Å². The van der Waals surface area contributed by atoms with E-state index in [1.165, 1.54) is 12.8 Å². The Kier molecular flexibility index (Phi) is 10.7. The van der Waals surface area contributed by atoms with Crippen LogP contribution in [-0.4, -0.2) is 113 Å². The Bertz CT molecular complexity index is 1420. The molecule has 11 heteroatoms. The number of carbonyl (C=O) groups excluding carboxylic acids is 3. The van der Waals surface area contributed by atoms with Gasteiger partial charge in [-0.05, 0) is 120 Å². The Morgan fingerprint density at radius 3 is 2.35 bits per heavy atom. The first kappa shape index (κ1) is 33.4. The molecule has 0 saturated carbocycles. The molecule has 4 aliphatic rings. The molecule has 2 unspecified atom stereocenters. The number of hydrogen-bond acceptors (Lipinski definition) is 5. The predicted molar refractivity (Wildman–Crippen MR) is 188 cm³/mol. The Balaban J connectivity index is 1.09. The van der Waals surface area contributed by atoms with Crippen LogP contribution in [0.2, 0.25) is 0 Å². The molecule has 0 bridgehead atoms. The summed E-state index contributed by atoms with van der Waals surface area (Å²) >= 11 is 7.17. The van der Waals surface area contributed by atoms with Gasteiger partial charge < -0.3 is 24.9 Å². The average molecular weight is 759 g/mol. The number of carbonyl (C=O) groups is 3. The summed E-state index contributed by atoms with van der Waals surface area (Å²) in [6.07, 6.45) is 4.53. The number of benzene rings is 2. The van der Waals surface area contributed by atoms with Crippen LogP contribution in [0.4, 0.5) is 10.5 Å². The highest BCUT2D eigenvalue weighted by atomic mass is 79.9. The van der Waals surface area contributed by atoms with Crippen LogP contribution in [0.3, 0.4) is 0 Å². The first-order valence-electron chi connectivity index (χ1n) is 16.8. The summed E-state index contributed by atoms with van der Waals surface area (Å²) in [5.41, 5.74) is 3.03. The van der Waals surface area contributed by atoms with Gasteiger partial charge in [-0.2, -0.15) is 0 Å². The maximum Gasteiger partial charge on any atom is 0.322 e. The van der Waals surface area contributed by atoms with E-state index in [2.05, 4.69) is 67.0 Å². The summed E-state index contributed by atoms with van der Waals surface area (Å²) < 4.78 is 1.90. The summed E-state index contributed by atoms with van der Waals surface area (Å²) in [6, 6.07) is 14.7. The van der Waals surface area contributed by atoms with Gasteiger partial charge in [0.1, 0.15) is 0 Å². The van der Waals surface area contributed by atoms with Crippen molar-refractivity contribution >= 4 is 55.4 Å². The number of para-hydroxylation sites is 1. The number of nitrogens with one attached hydrogen (secondary N) is 1. The van der Waals surface area contributed by atoms with Crippen molar-refractivity contribution in [3.63, 3.8) is 0 Å². The minimum atomic E-state index is -0.431. The SMILES string of the molecule is CC1CN(C2CCN(C)CC2)CCN1C(=O)C(CC(=O)N1CCC(N2Cc3ccccc3NC2=O)CC1)Cc1ccc(Br)c(Br)c1. The second-order valence-electron chi connectivity index (χ2n) is 13.6. The van der Waals surface area contributed by atoms with E-state index in [1.54, 1.807) is 0 Å². The van der Waals surface area contributed by atoms with Crippen LogP contribution >= 0.6 is 31.9 Å². The summed E-state index contributed by atoms with van der Waals surface area (Å²) in [6.45, 7) is 8.65. The number of piperazine rings is 1. The molecule has 2 aromatic carbocycles. The standard InChI is InChI=1S/C35H46Br2N6O3/c1-24-22-41(28-9-13-39(2)14-10-28)17-18-42(24)34(45)27(19-25-7-8-30(36)31(37)20-25)21-33(44)40-15-11-29(12-16-40)43-23-26-5-3-4-6-32(26)38-35(43)46/h3-8,20,24,27-29H,9-19,21-23H2,1-2H3,(H,38,46). The molecule has 0 radical (unpaired) electrons. The van der Waals surface area contributed by atoms with Gasteiger partial charge >= 0.3 is 6.03 Å². The van der Waals surface area contributed by atoms with E-state index in [-0.39, 0.29) is 36.3 Å². The van der Waals surface area contributed by atoms with Crippen molar-refractivity contribution in [1.29, 1.82) is 0 Å². The molecule has 4 aliphatic heterocycles. The minimum Gasteiger partial charge on any atom is -0.343 e. The highest BCUT2D eigenvalue weighted by Gasteiger charge is 2.37. The number of urea groups is 1. The van der Waals surface area contributed by atoms with Gasteiger partial charge in [-0.1, -0.05) is 24.3 Å². The minimum absolute atomic E-state index is 0.0269. The molecule has 2 aromatic rings. The maximum absolute atomic E-state index is 14.3. The second kappa shape index (κ2) is 14.7. The topological polar surface area (TPSA) is 79.4 Å². The van der Waals surface area contributed by atoms with Crippen LogP contribution in [0.1, 0.15) is 50.2 Å². The number of piperidine rings is 2. The molecule has 9 nitrogen and oxygen atoms in total. The van der Waals surface area contributed by atoms with Gasteiger partial charge in [0, 0.05) is 78.4 Å². The van der Waals surface area contributed by atoms with Crippen LogP contribution in [0, 0.1) is 5.92 Å². The molecule has 0 spiro atoms. The van der Waals surface area contributed by atoms with Gasteiger partial charge in [0.2, 0.25) is 11.8 Å². The van der Waals surface area contributed by atoms with E-state index in [1.807, 2.05) is 51.1 Å². The fraction of sp³-hybridized carbons (Fsp3) is 0.571. The fourth-order valence-electron chi connectivity index (χ4n) is 7.72. The molecular formula is C35H46Br2N6O3. The van der Waals surface area contributed by atoms with Crippen LogP contribution in [-0.2, 0) is 22.6 Å². The van der Waals surface area contributed by atoms with Gasteiger partial charge in [0.05, 0.1) is 5.92 Å². The van der Waals surface area contributed by atoms with Crippen molar-refractivity contribution < 1.29 is 14.4 Å². The Morgan fingerprint density at radius 1 is 0.913 bits per heavy atom. The summed E-state index contributed by atoms with van der Waals surface area (Å²) in [4.78, 5) is 51.8. The molecular weight excluding hydrogens is 712 g/mol. The van der Waals surface area contributed by atoms with E-state index < -0.39 is 5.92 Å². The molecule has 0 aliphatic carbocycles. The third-order valence-corrected chi connectivity index (χ3v) is 12.4. The monoisotopic (exact) mass is 756 g/mol. The Labute approximate surface area is 289 Å². The van der Waals surface area contributed by atoms with E-state index >= 15 is 0 Å². The number of anilines is 1. The van der Waals surface area contributed by atoms with E-state index in [0.29, 0.717) is 38.6 Å². The smallest absolute Gasteiger partial charge is 0.322 e. The van der Waals surface area contributed by atoms with Crippen molar-refractivity contribution in [2.75, 3.05) is 58.2 Å². The zero-order valence-electron chi connectivity index (χ0n) is 27.0. The quantitative estimate of drug-likeness (QED) is 0.408. The molecule has 4 amide bonds. The normalized spacial score (nSPS) is 22.8. The first-order valence-corrected chi connectivity index (χ1v) is 18.3. The van der Waals surface area contributed by atoms with Gasteiger partial charge in [0.15, 0.2) is 0 Å². The lowest BCUT2D eigenvalue weighted by Crippen LogP contribution is -2.59. The largest absolute Gasteiger partial charge is 0.343 e. The van der Waals surface area contributed by atoms with Crippen LogP contribution in [0.25, 0.3) is 0 Å². The molecule has 248 valence electrons. The predicted octanol–water partition coefficient (Wildman–Crippen LogP) is 5.43. The van der Waals surface area contributed by atoms with E-state index in [9.17, 15) is 14.4 Å². The molecule has 0 aromatic heterocycles. The van der Waals surface area contributed by atoms with Crippen LogP contribution in [0.15, 0.2) is 51.4 Å². The molecule has 6 rings (SSSR count). The van der Waals surface area contributed by atoms with Crippen LogP contribution < -0.4 is 5.32 Å². The molecule has 3 fully saturated rings. The summed E-state index contributed by atoms with van der Waals surface area (Å²) in [5.74, 6) is -0.319.